The zero-order chi connectivity index (χ0) is 19.6. The largest absolute Gasteiger partial charge is 0.484 e. The number of nitrogens with two attached hydrogens (primary N) is 1. The molecule has 140 valence electrons. The molecular formula is C19H20N4O4. The van der Waals surface area contributed by atoms with Crippen molar-refractivity contribution in [3.63, 3.8) is 0 Å². The van der Waals surface area contributed by atoms with Gasteiger partial charge in [0.15, 0.2) is 6.61 Å². The Morgan fingerprint density at radius 3 is 2.56 bits per heavy atom. The van der Waals surface area contributed by atoms with Crippen molar-refractivity contribution in [3.8, 4) is 5.75 Å². The van der Waals surface area contributed by atoms with Gasteiger partial charge in [-0.2, -0.15) is 5.10 Å². The van der Waals surface area contributed by atoms with Crippen molar-refractivity contribution in [2.45, 2.75) is 13.5 Å². The topological polar surface area (TPSA) is 123 Å². The number of nitrogens with zero attached hydrogens (tertiary/aromatic N) is 1. The van der Waals surface area contributed by atoms with Crippen LogP contribution in [0.1, 0.15) is 16.7 Å². The summed E-state index contributed by atoms with van der Waals surface area (Å²) in [6.45, 7) is 1.97. The van der Waals surface area contributed by atoms with Crippen molar-refractivity contribution >= 4 is 23.9 Å². The van der Waals surface area contributed by atoms with E-state index >= 15 is 0 Å². The van der Waals surface area contributed by atoms with Crippen LogP contribution in [0.4, 0.5) is 0 Å². The molecule has 2 aromatic carbocycles. The molecule has 0 aliphatic carbocycles. The zero-order valence-corrected chi connectivity index (χ0v) is 14.8. The summed E-state index contributed by atoms with van der Waals surface area (Å²) in [5.74, 6) is -1.82. The average Bonchev–Trinajstić information content (AvgIpc) is 2.66. The van der Waals surface area contributed by atoms with E-state index in [0.29, 0.717) is 11.3 Å². The van der Waals surface area contributed by atoms with Gasteiger partial charge < -0.3 is 15.8 Å². The van der Waals surface area contributed by atoms with Gasteiger partial charge in [-0.1, -0.05) is 42.0 Å². The second kappa shape index (κ2) is 9.71. The Kier molecular flexibility index (Phi) is 7.07. The average molecular weight is 368 g/mol. The number of nitrogens with one attached hydrogen (secondary N) is 2. The molecule has 0 atom stereocenters. The van der Waals surface area contributed by atoms with Crippen molar-refractivity contribution in [1.29, 1.82) is 0 Å². The molecule has 0 heterocycles. The molecular weight excluding hydrogens is 348 g/mol. The second-order valence-corrected chi connectivity index (χ2v) is 5.69. The number of ether oxygens (including phenoxy) is 1. The van der Waals surface area contributed by atoms with E-state index in [2.05, 4.69) is 15.8 Å². The number of carbonyl (C=O) groups excluding carboxylic acids is 3. The fourth-order valence-electron chi connectivity index (χ4n) is 2.02. The maximum atomic E-state index is 11.8. The van der Waals surface area contributed by atoms with Crippen LogP contribution in [-0.4, -0.2) is 30.5 Å². The van der Waals surface area contributed by atoms with Crippen LogP contribution in [0.5, 0.6) is 5.75 Å². The summed E-state index contributed by atoms with van der Waals surface area (Å²) in [4.78, 5) is 34.2. The number of amides is 3. The first-order valence-corrected chi connectivity index (χ1v) is 8.12. The van der Waals surface area contributed by atoms with E-state index in [9.17, 15) is 14.4 Å². The number of primary amides is 1. The van der Waals surface area contributed by atoms with E-state index in [4.69, 9.17) is 10.5 Å². The molecule has 2 rings (SSSR count). The first-order chi connectivity index (χ1) is 12.9. The number of aryl methyl sites for hydroxylation is 1. The highest BCUT2D eigenvalue weighted by Gasteiger charge is 2.11. The van der Waals surface area contributed by atoms with Gasteiger partial charge in [-0.15, -0.1) is 0 Å². The van der Waals surface area contributed by atoms with Gasteiger partial charge in [0, 0.05) is 6.54 Å². The number of hydrogen-bond acceptors (Lipinski definition) is 5. The standard InChI is InChI=1S/C19H20N4O4/c1-13-5-7-14(8-6-13)10-21-18(25)19(26)23-22-11-15-3-2-4-16(9-15)27-12-17(20)24/h2-9,11H,10,12H2,1H3,(H2,20,24)(H,21,25)(H,23,26)/b22-11-. The van der Waals surface area contributed by atoms with Crippen molar-refractivity contribution < 1.29 is 19.1 Å². The van der Waals surface area contributed by atoms with Crippen molar-refractivity contribution in [3.05, 3.63) is 65.2 Å². The summed E-state index contributed by atoms with van der Waals surface area (Å²) in [6, 6.07) is 14.3. The zero-order valence-electron chi connectivity index (χ0n) is 14.8. The summed E-state index contributed by atoms with van der Waals surface area (Å²) in [5.41, 5.74) is 9.77. The molecule has 0 aliphatic rings. The minimum Gasteiger partial charge on any atom is -0.484 e. The summed E-state index contributed by atoms with van der Waals surface area (Å²) >= 11 is 0. The van der Waals surface area contributed by atoms with Gasteiger partial charge in [0.2, 0.25) is 0 Å². The Balaban J connectivity index is 1.81. The Labute approximate surface area is 156 Å². The molecule has 8 heteroatoms. The van der Waals surface area contributed by atoms with Crippen molar-refractivity contribution in [2.75, 3.05) is 6.61 Å². The van der Waals surface area contributed by atoms with E-state index < -0.39 is 17.7 Å². The first kappa shape index (κ1) is 19.6. The lowest BCUT2D eigenvalue weighted by molar-refractivity contribution is -0.139. The normalized spacial score (nSPS) is 10.4. The second-order valence-electron chi connectivity index (χ2n) is 5.69. The molecule has 0 radical (unpaired) electrons. The van der Waals surface area contributed by atoms with Gasteiger partial charge in [-0.25, -0.2) is 5.43 Å². The summed E-state index contributed by atoms with van der Waals surface area (Å²) in [5, 5.41) is 6.25. The summed E-state index contributed by atoms with van der Waals surface area (Å²) in [7, 11) is 0. The van der Waals surface area contributed by atoms with E-state index in [1.807, 2.05) is 31.2 Å². The quantitative estimate of drug-likeness (QED) is 0.377. The highest BCUT2D eigenvalue weighted by Crippen LogP contribution is 2.11. The van der Waals surface area contributed by atoms with Crippen molar-refractivity contribution in [1.82, 2.24) is 10.7 Å². The van der Waals surface area contributed by atoms with Gasteiger partial charge in [-0.05, 0) is 30.2 Å². The van der Waals surface area contributed by atoms with Crippen LogP contribution in [0.3, 0.4) is 0 Å². The third-order valence-electron chi connectivity index (χ3n) is 3.40. The number of carbonyl (C=O) groups is 3. The molecule has 0 fully saturated rings. The molecule has 2 aromatic rings. The molecule has 8 nitrogen and oxygen atoms in total. The number of hydrogen-bond donors (Lipinski definition) is 3. The van der Waals surface area contributed by atoms with Crippen LogP contribution in [0.25, 0.3) is 0 Å². The fraction of sp³-hybridized carbons (Fsp3) is 0.158. The molecule has 0 aromatic heterocycles. The molecule has 0 unspecified atom stereocenters. The maximum Gasteiger partial charge on any atom is 0.329 e. The first-order valence-electron chi connectivity index (χ1n) is 8.12. The Bertz CT molecular complexity index is 847. The van der Waals surface area contributed by atoms with Crippen molar-refractivity contribution in [2.24, 2.45) is 10.8 Å². The summed E-state index contributed by atoms with van der Waals surface area (Å²) in [6.07, 6.45) is 1.35. The number of rotatable bonds is 7. The Morgan fingerprint density at radius 1 is 1.11 bits per heavy atom. The molecule has 0 bridgehead atoms. The molecule has 0 aliphatic heterocycles. The maximum absolute atomic E-state index is 11.8. The minimum atomic E-state index is -0.875. The van der Waals surface area contributed by atoms with Crippen LogP contribution in [-0.2, 0) is 20.9 Å². The lowest BCUT2D eigenvalue weighted by Crippen LogP contribution is -2.37. The minimum absolute atomic E-state index is 0.238. The van der Waals surface area contributed by atoms with E-state index in [-0.39, 0.29) is 13.2 Å². The van der Waals surface area contributed by atoms with E-state index in [0.717, 1.165) is 11.1 Å². The summed E-state index contributed by atoms with van der Waals surface area (Å²) < 4.78 is 5.17. The lowest BCUT2D eigenvalue weighted by Gasteiger charge is -2.05. The predicted octanol–water partition coefficient (Wildman–Crippen LogP) is 0.626. The van der Waals surface area contributed by atoms with Crippen LogP contribution in [0, 0.1) is 6.92 Å². The monoisotopic (exact) mass is 368 g/mol. The van der Waals surface area contributed by atoms with Crippen LogP contribution < -0.4 is 21.2 Å². The predicted molar refractivity (Wildman–Crippen MR) is 99.9 cm³/mol. The molecule has 0 saturated carbocycles. The number of hydrazone groups is 1. The third-order valence-corrected chi connectivity index (χ3v) is 3.40. The Morgan fingerprint density at radius 2 is 1.85 bits per heavy atom. The van der Waals surface area contributed by atoms with Gasteiger partial charge >= 0.3 is 11.8 Å². The van der Waals surface area contributed by atoms with Gasteiger partial charge in [-0.3, -0.25) is 14.4 Å². The van der Waals surface area contributed by atoms with Gasteiger partial charge in [0.1, 0.15) is 5.75 Å². The van der Waals surface area contributed by atoms with Gasteiger partial charge in [0.05, 0.1) is 6.21 Å². The smallest absolute Gasteiger partial charge is 0.329 e. The molecule has 4 N–H and O–H groups in total. The van der Waals surface area contributed by atoms with E-state index in [1.54, 1.807) is 24.3 Å². The highest BCUT2D eigenvalue weighted by atomic mass is 16.5. The molecule has 0 spiro atoms. The SMILES string of the molecule is Cc1ccc(CNC(=O)C(=O)N/N=C\c2cccc(OCC(N)=O)c2)cc1. The molecule has 27 heavy (non-hydrogen) atoms. The third kappa shape index (κ3) is 6.99. The fourth-order valence-corrected chi connectivity index (χ4v) is 2.02. The number of benzene rings is 2. The molecule has 0 saturated heterocycles. The van der Waals surface area contributed by atoms with Gasteiger partial charge in [0.25, 0.3) is 5.91 Å². The van der Waals surface area contributed by atoms with E-state index in [1.165, 1.54) is 6.21 Å². The highest BCUT2D eigenvalue weighted by molar-refractivity contribution is 6.35. The molecule has 3 amide bonds. The Hall–Kier alpha value is -3.68. The van der Waals surface area contributed by atoms with Crippen LogP contribution in [0.15, 0.2) is 53.6 Å². The van der Waals surface area contributed by atoms with Crippen LogP contribution >= 0.6 is 0 Å². The lowest BCUT2D eigenvalue weighted by atomic mass is 10.1. The van der Waals surface area contributed by atoms with Crippen LogP contribution in [0.2, 0.25) is 0 Å².